The maximum atomic E-state index is 14.0. The van der Waals surface area contributed by atoms with E-state index in [4.69, 9.17) is 29.4 Å². The Morgan fingerprint density at radius 1 is 1.08 bits per heavy atom. The Kier molecular flexibility index (Phi) is 8.93. The van der Waals surface area contributed by atoms with Crippen LogP contribution in [0.1, 0.15) is 56.3 Å². The van der Waals surface area contributed by atoms with Crippen molar-refractivity contribution in [1.29, 1.82) is 0 Å². The minimum atomic E-state index is -1.70. The molecule has 5 N–H and O–H groups in total. The molecule has 1 aromatic rings. The van der Waals surface area contributed by atoms with Gasteiger partial charge in [0.05, 0.1) is 48.3 Å². The quantitative estimate of drug-likeness (QED) is 0.233. The van der Waals surface area contributed by atoms with Crippen molar-refractivity contribution in [2.24, 2.45) is 46.2 Å². The van der Waals surface area contributed by atoms with Crippen molar-refractivity contribution in [2.75, 3.05) is 53.5 Å². The number of nitrogens with one attached hydrogen (secondary N) is 1. The number of benzene rings is 1. The normalized spacial score (nSPS) is 44.4. The molecule has 1 aliphatic heterocycles. The fraction of sp³-hybridized carbons (Fsp3) is 0.757. The number of primary amides is 1. The van der Waals surface area contributed by atoms with Gasteiger partial charge in [-0.2, -0.15) is 0 Å². The molecule has 7 bridgehead atoms. The second-order valence-corrected chi connectivity index (χ2v) is 15.9. The number of hydrogen-bond donors (Lipinski definition) is 4. The van der Waals surface area contributed by atoms with Crippen LogP contribution in [0.25, 0.3) is 0 Å². The number of aliphatic hydroxyl groups is 2. The van der Waals surface area contributed by atoms with Gasteiger partial charge in [-0.25, -0.2) is 4.79 Å². The number of amides is 2. The number of nitrogens with zero attached hydrogens (tertiary/aromatic N) is 1. The van der Waals surface area contributed by atoms with Crippen molar-refractivity contribution in [3.8, 4) is 0 Å². The van der Waals surface area contributed by atoms with Gasteiger partial charge >= 0.3 is 5.97 Å². The number of likely N-dealkylation sites (tertiary alicyclic amines) is 1. The van der Waals surface area contributed by atoms with E-state index in [1.54, 1.807) is 59.6 Å². The van der Waals surface area contributed by atoms with Crippen LogP contribution in [0.15, 0.2) is 24.3 Å². The molecule has 50 heavy (non-hydrogen) atoms. The average molecular weight is 700 g/mol. The van der Waals surface area contributed by atoms with Gasteiger partial charge < -0.3 is 44.9 Å². The zero-order chi connectivity index (χ0) is 36.0. The Balaban J connectivity index is 1.29. The van der Waals surface area contributed by atoms with Crippen LogP contribution in [0.2, 0.25) is 0 Å². The third kappa shape index (κ3) is 4.46. The second-order valence-electron chi connectivity index (χ2n) is 15.9. The lowest BCUT2D eigenvalue weighted by atomic mass is 9.42. The summed E-state index contributed by atoms with van der Waals surface area (Å²) < 4.78 is 31.3. The number of carbonyl (C=O) groups is 3. The summed E-state index contributed by atoms with van der Waals surface area (Å²) in [6, 6.07) is 6.16. The van der Waals surface area contributed by atoms with Crippen LogP contribution in [0.3, 0.4) is 0 Å². The highest BCUT2D eigenvalue weighted by atomic mass is 16.5. The summed E-state index contributed by atoms with van der Waals surface area (Å²) in [5, 5.41) is 29.3. The van der Waals surface area contributed by atoms with Crippen LogP contribution < -0.4 is 11.1 Å². The largest absolute Gasteiger partial charge is 0.461 e. The molecule has 1 heterocycles. The van der Waals surface area contributed by atoms with Crippen LogP contribution in [0.5, 0.6) is 0 Å². The van der Waals surface area contributed by atoms with Crippen molar-refractivity contribution in [3.63, 3.8) is 0 Å². The number of para-hydroxylation sites is 1. The van der Waals surface area contributed by atoms with E-state index in [-0.39, 0.29) is 72.7 Å². The van der Waals surface area contributed by atoms with E-state index in [0.717, 1.165) is 6.42 Å². The summed E-state index contributed by atoms with van der Waals surface area (Å²) in [7, 11) is 6.69. The van der Waals surface area contributed by atoms with Crippen LogP contribution in [0.4, 0.5) is 5.69 Å². The number of carbonyl (C=O) groups excluding carboxylic acids is 3. The zero-order valence-electron chi connectivity index (χ0n) is 29.9. The summed E-state index contributed by atoms with van der Waals surface area (Å²) in [4.78, 5) is 40.5. The molecule has 1 saturated heterocycles. The molecule has 7 rings (SSSR count). The minimum Gasteiger partial charge on any atom is -0.461 e. The number of piperidine rings is 1. The number of methoxy groups -OCH3 is 4. The Morgan fingerprint density at radius 2 is 1.82 bits per heavy atom. The average Bonchev–Trinajstić information content (AvgIpc) is 3.52. The number of fused-ring (bicyclic) bond motifs is 2. The van der Waals surface area contributed by atoms with Crippen LogP contribution in [-0.2, 0) is 33.3 Å². The molecule has 13 heteroatoms. The van der Waals surface area contributed by atoms with Crippen LogP contribution >= 0.6 is 0 Å². The number of ether oxygens (including phenoxy) is 5. The smallest absolute Gasteiger partial charge is 0.340 e. The summed E-state index contributed by atoms with van der Waals surface area (Å²) in [5.74, 6) is -3.02. The third-order valence-corrected chi connectivity index (χ3v) is 14.2. The first-order valence-electron chi connectivity index (χ1n) is 18.0. The Labute approximate surface area is 293 Å². The maximum absolute atomic E-state index is 14.0. The SMILES string of the molecule is CCN1C[C@@]2(COC(=O)c3ccccc3NC(=O)[C@H](C)CC(N)=O)CC[C@@H](OC)[C@]34[C@@H]5C[C@H]6[C@H](OC)[C@@H]5[C@](O)(C[C@H]6OC)[C@](O)([C@H]13)[C@@H](OC)[C@@H]24. The van der Waals surface area contributed by atoms with E-state index in [0.29, 0.717) is 25.9 Å². The number of anilines is 1. The first kappa shape index (κ1) is 35.7. The third-order valence-electron chi connectivity index (χ3n) is 14.2. The van der Waals surface area contributed by atoms with E-state index in [2.05, 4.69) is 17.1 Å². The van der Waals surface area contributed by atoms with E-state index in [9.17, 15) is 24.6 Å². The summed E-state index contributed by atoms with van der Waals surface area (Å²) in [5.41, 5.74) is 1.21. The molecular weight excluding hydrogens is 646 g/mol. The standard InChI is InChI=1S/C37H53N3O10/c1-7-40-17-34(18-50-32(43)20-10-8-9-11-23(20)39-31(42)19(2)14-26(38)41)13-12-25(47-4)36-22-15-21-24(46-3)16-35(44,27(22)28(21)48-5)37(45,33(36)40)30(49-6)29(34)36/h8-11,19,21-22,24-25,27-30,33,44-45H,7,12-18H2,1-6H3,(H2,38,41)(H,39,42)/t19-,21-,22-,24-,25-,27-,28+,29+,30+,33-,34-,35-,36+,37-/m1/s1. The molecule has 6 aliphatic rings. The summed E-state index contributed by atoms with van der Waals surface area (Å²) >= 11 is 0. The Bertz CT molecular complexity index is 1530. The molecule has 0 aromatic heterocycles. The van der Waals surface area contributed by atoms with Gasteiger partial charge in [-0.15, -0.1) is 0 Å². The van der Waals surface area contributed by atoms with Gasteiger partial charge in [-0.05, 0) is 43.9 Å². The van der Waals surface area contributed by atoms with Crippen LogP contribution in [0, 0.1) is 40.4 Å². The van der Waals surface area contributed by atoms with E-state index >= 15 is 0 Å². The lowest BCUT2D eigenvalue weighted by Crippen LogP contribution is -2.82. The lowest BCUT2D eigenvalue weighted by Gasteiger charge is -2.70. The number of esters is 1. The fourth-order valence-electron chi connectivity index (χ4n) is 12.7. The Hall–Kier alpha value is -2.65. The predicted octanol–water partition coefficient (Wildman–Crippen LogP) is 1.59. The minimum absolute atomic E-state index is 0.0402. The van der Waals surface area contributed by atoms with Gasteiger partial charge in [0.1, 0.15) is 11.2 Å². The topological polar surface area (TPSA) is 179 Å². The van der Waals surface area contributed by atoms with Gasteiger partial charge in [-0.3, -0.25) is 14.5 Å². The van der Waals surface area contributed by atoms with Crippen molar-refractivity contribution < 1.29 is 48.3 Å². The van der Waals surface area contributed by atoms with Crippen molar-refractivity contribution >= 4 is 23.5 Å². The highest BCUT2D eigenvalue weighted by molar-refractivity contribution is 6.02. The molecule has 276 valence electrons. The summed E-state index contributed by atoms with van der Waals surface area (Å²) in [6.07, 6.45) is 0.586. The molecule has 5 aliphatic carbocycles. The van der Waals surface area contributed by atoms with Crippen molar-refractivity contribution in [3.05, 3.63) is 29.8 Å². The lowest BCUT2D eigenvalue weighted by molar-refractivity contribution is -0.320. The Morgan fingerprint density at radius 3 is 2.46 bits per heavy atom. The van der Waals surface area contributed by atoms with Gasteiger partial charge in [0, 0.05) is 82.3 Å². The highest BCUT2D eigenvalue weighted by Crippen LogP contribution is 2.80. The molecule has 14 atom stereocenters. The van der Waals surface area contributed by atoms with Gasteiger partial charge in [-0.1, -0.05) is 26.0 Å². The first-order valence-corrected chi connectivity index (χ1v) is 18.0. The van der Waals surface area contributed by atoms with Crippen molar-refractivity contribution in [1.82, 2.24) is 4.90 Å². The number of hydrogen-bond acceptors (Lipinski definition) is 11. The molecule has 0 unspecified atom stereocenters. The molecule has 1 spiro atoms. The summed E-state index contributed by atoms with van der Waals surface area (Å²) in [6.45, 7) is 4.84. The number of likely N-dealkylation sites (N-methyl/N-ethyl adjacent to an activating group) is 1. The molecule has 6 fully saturated rings. The predicted molar refractivity (Wildman–Crippen MR) is 180 cm³/mol. The molecule has 1 aromatic carbocycles. The fourth-order valence-corrected chi connectivity index (χ4v) is 12.7. The monoisotopic (exact) mass is 699 g/mol. The molecule has 5 saturated carbocycles. The molecular formula is C37H53N3O10. The molecule has 0 radical (unpaired) electrons. The van der Waals surface area contributed by atoms with Gasteiger partial charge in [0.15, 0.2) is 0 Å². The zero-order valence-corrected chi connectivity index (χ0v) is 29.9. The number of rotatable bonds is 12. The first-order chi connectivity index (χ1) is 23.8. The van der Waals surface area contributed by atoms with E-state index in [1.165, 1.54) is 0 Å². The van der Waals surface area contributed by atoms with E-state index < -0.39 is 57.9 Å². The van der Waals surface area contributed by atoms with Crippen molar-refractivity contribution in [2.45, 2.75) is 87.6 Å². The molecule has 13 nitrogen and oxygen atoms in total. The van der Waals surface area contributed by atoms with Crippen LogP contribution in [-0.4, -0.2) is 123 Å². The maximum Gasteiger partial charge on any atom is 0.340 e. The molecule has 2 amide bonds. The van der Waals surface area contributed by atoms with Gasteiger partial charge in [0.25, 0.3) is 0 Å². The second kappa shape index (κ2) is 12.5. The highest BCUT2D eigenvalue weighted by Gasteiger charge is 2.91. The van der Waals surface area contributed by atoms with E-state index in [1.807, 2.05) is 0 Å². The number of nitrogens with two attached hydrogens (primary N) is 1. The van der Waals surface area contributed by atoms with Gasteiger partial charge in [0.2, 0.25) is 11.8 Å².